The number of hydrogen-bond donors (Lipinski definition) is 2. The number of rotatable bonds is 5. The van der Waals surface area contributed by atoms with Crippen LogP contribution in [-0.4, -0.2) is 22.8 Å². The minimum atomic E-state index is -0.132. The van der Waals surface area contributed by atoms with Crippen molar-refractivity contribution in [1.29, 1.82) is 0 Å². The summed E-state index contributed by atoms with van der Waals surface area (Å²) >= 11 is 0. The molecule has 1 aliphatic heterocycles. The number of hydrogen-bond acceptors (Lipinski definition) is 3. The van der Waals surface area contributed by atoms with Gasteiger partial charge in [0, 0.05) is 37.2 Å². The lowest BCUT2D eigenvalue weighted by atomic mass is 10.0. The molecule has 6 heteroatoms. The number of allylic oxidation sites excluding steroid dienone is 2. The van der Waals surface area contributed by atoms with Crippen molar-refractivity contribution in [1.82, 2.24) is 14.6 Å². The number of aryl methyl sites for hydroxylation is 1. The minimum Gasteiger partial charge on any atom is -0.388 e. The molecule has 2 saturated carbocycles. The van der Waals surface area contributed by atoms with Crippen molar-refractivity contribution in [3.63, 3.8) is 0 Å². The van der Waals surface area contributed by atoms with E-state index in [-0.39, 0.29) is 5.82 Å². The maximum absolute atomic E-state index is 13.8. The number of anilines is 1. The van der Waals surface area contributed by atoms with Gasteiger partial charge in [0.2, 0.25) is 0 Å². The van der Waals surface area contributed by atoms with Gasteiger partial charge in [-0.2, -0.15) is 0 Å². The Hall–Kier alpha value is -2.65. The van der Waals surface area contributed by atoms with Gasteiger partial charge >= 0.3 is 0 Å². The van der Waals surface area contributed by atoms with Crippen molar-refractivity contribution in [3.8, 4) is 0 Å². The second-order valence-corrected chi connectivity index (χ2v) is 10.4. The zero-order chi connectivity index (χ0) is 22.9. The molecule has 172 valence electrons. The zero-order valence-electron chi connectivity index (χ0n) is 19.3. The number of benzene rings is 2. The Morgan fingerprint density at radius 3 is 2.64 bits per heavy atom. The van der Waals surface area contributed by atoms with Crippen LogP contribution in [0.1, 0.15) is 36.4 Å². The van der Waals surface area contributed by atoms with Gasteiger partial charge in [0.1, 0.15) is 5.82 Å². The first-order valence-electron chi connectivity index (χ1n) is 11.8. The van der Waals surface area contributed by atoms with Gasteiger partial charge in [-0.15, -0.1) is 6.58 Å². The summed E-state index contributed by atoms with van der Waals surface area (Å²) in [5, 5.41) is 6.36. The molecule has 3 unspecified atom stereocenters. The Labute approximate surface area is 197 Å². The molecule has 4 nitrogen and oxygen atoms in total. The van der Waals surface area contributed by atoms with Crippen LogP contribution in [-0.2, 0) is 0 Å². The summed E-state index contributed by atoms with van der Waals surface area (Å²) in [6.45, 7) is 5.63. The van der Waals surface area contributed by atoms with E-state index in [1.165, 1.54) is 30.1 Å². The first kappa shape index (κ1) is 22.2. The van der Waals surface area contributed by atoms with Gasteiger partial charge in [-0.3, -0.25) is 0 Å². The summed E-state index contributed by atoms with van der Waals surface area (Å²) in [7, 11) is 2.79. The summed E-state index contributed by atoms with van der Waals surface area (Å²) in [4.78, 5) is 4.44. The fraction of sp³-hybridized carbons (Fsp3) is 0.370. The van der Waals surface area contributed by atoms with Crippen molar-refractivity contribution in [2.24, 2.45) is 17.8 Å². The largest absolute Gasteiger partial charge is 0.388 e. The molecule has 2 aliphatic carbocycles. The van der Waals surface area contributed by atoms with Crippen molar-refractivity contribution in [2.45, 2.75) is 32.2 Å². The summed E-state index contributed by atoms with van der Waals surface area (Å²) in [6, 6.07) is 12.5. The highest BCUT2D eigenvalue weighted by Crippen LogP contribution is 2.62. The molecule has 3 aromatic rings. The van der Waals surface area contributed by atoms with E-state index in [1.807, 2.05) is 25.5 Å². The number of fused-ring (bicyclic) bond motifs is 2. The third-order valence-electron chi connectivity index (χ3n) is 7.46. The van der Waals surface area contributed by atoms with Gasteiger partial charge in [0.15, 0.2) is 0 Å². The topological polar surface area (TPSA) is 41.9 Å². The number of nitrogens with one attached hydrogen (secondary N) is 2. The summed E-state index contributed by atoms with van der Waals surface area (Å²) in [5.41, 5.74) is 6.44. The molecule has 0 amide bonds. The predicted octanol–water partition coefficient (Wildman–Crippen LogP) is 6.52. The average molecular weight is 463 g/mol. The molecular formula is C27H32FN4P. The normalized spacial score (nSPS) is 25.7. The highest BCUT2D eigenvalue weighted by molar-refractivity contribution is 7.37. The van der Waals surface area contributed by atoms with Crippen LogP contribution in [0.2, 0.25) is 0 Å². The minimum absolute atomic E-state index is 0.132. The van der Waals surface area contributed by atoms with Gasteiger partial charge in [0.05, 0.1) is 17.4 Å². The molecule has 0 bridgehead atoms. The quantitative estimate of drug-likeness (QED) is 0.335. The number of aromatic nitrogens is 2. The molecule has 6 rings (SSSR count). The third kappa shape index (κ3) is 4.44. The molecule has 3 atom stereocenters. The van der Waals surface area contributed by atoms with E-state index in [2.05, 4.69) is 57.0 Å². The number of halogens is 1. The molecular weight excluding hydrogens is 430 g/mol. The van der Waals surface area contributed by atoms with Crippen LogP contribution in [0.15, 0.2) is 61.6 Å². The second-order valence-electron chi connectivity index (χ2n) is 9.38. The Morgan fingerprint density at radius 2 is 2.00 bits per heavy atom. The van der Waals surface area contributed by atoms with E-state index in [1.54, 1.807) is 13.0 Å². The van der Waals surface area contributed by atoms with Crippen molar-refractivity contribution in [3.05, 3.63) is 78.5 Å². The maximum Gasteiger partial charge on any atom is 0.128 e. The van der Waals surface area contributed by atoms with Crippen LogP contribution in [0.5, 0.6) is 0 Å². The Kier molecular flexibility index (Phi) is 6.25. The first-order valence-corrected chi connectivity index (χ1v) is 13.0. The second kappa shape index (κ2) is 9.30. The molecule has 2 aromatic carbocycles. The average Bonchev–Trinajstić information content (AvgIpc) is 3.34. The Bertz CT molecular complexity index is 1170. The number of nitrogens with zero attached hydrogens (tertiary/aromatic N) is 2. The lowest BCUT2D eigenvalue weighted by Crippen LogP contribution is -2.07. The van der Waals surface area contributed by atoms with E-state index >= 15 is 0 Å². The van der Waals surface area contributed by atoms with E-state index < -0.39 is 0 Å². The highest BCUT2D eigenvalue weighted by Gasteiger charge is 2.55. The van der Waals surface area contributed by atoms with Crippen molar-refractivity contribution < 1.29 is 4.39 Å². The first-order chi connectivity index (χ1) is 16.1. The number of imidazole rings is 1. The van der Waals surface area contributed by atoms with E-state index in [0.29, 0.717) is 11.6 Å². The van der Waals surface area contributed by atoms with Gasteiger partial charge in [-0.1, -0.05) is 18.2 Å². The Balaban J connectivity index is 0.000000152. The van der Waals surface area contributed by atoms with Gasteiger partial charge in [0.25, 0.3) is 0 Å². The highest BCUT2D eigenvalue weighted by atomic mass is 31.1. The molecule has 2 heterocycles. The van der Waals surface area contributed by atoms with E-state index in [4.69, 9.17) is 0 Å². The van der Waals surface area contributed by atoms with Crippen LogP contribution in [0.25, 0.3) is 16.6 Å². The fourth-order valence-electron chi connectivity index (χ4n) is 5.53. The van der Waals surface area contributed by atoms with Gasteiger partial charge in [-0.05, 0) is 87.6 Å². The molecule has 33 heavy (non-hydrogen) atoms. The van der Waals surface area contributed by atoms with E-state index in [9.17, 15) is 4.39 Å². The lowest BCUT2D eigenvalue weighted by Gasteiger charge is -2.16. The van der Waals surface area contributed by atoms with Crippen LogP contribution in [0, 0.1) is 30.5 Å². The molecule has 0 saturated heterocycles. The third-order valence-corrected chi connectivity index (χ3v) is 8.36. The summed E-state index contributed by atoms with van der Waals surface area (Å²) in [6.07, 6.45) is 10.8. The standard InChI is InChI=1S/C17H19FN2.C10H13N2P/c1-3-4-12-13-6-11(7-14(12)13)20-9-19-16-5-10(2)15(18)8-17(16)20;1-11-10-4-2-8(3-5-10)9-6-12-13-7-9/h3,5,8-9,11-14H,1,4,6-7H2,2H3;2-6,11-13H,7H2,1H3. The fourth-order valence-corrected chi connectivity index (χ4v) is 6.41. The van der Waals surface area contributed by atoms with Crippen LogP contribution in [0.3, 0.4) is 0 Å². The SMILES string of the molecule is C=CCC1C2CC(n3cnc4cc(C)c(F)cc43)CC12.CNc1ccc(C2=CNPC2)cc1. The lowest BCUT2D eigenvalue weighted by molar-refractivity contribution is 0.436. The molecule has 0 radical (unpaired) electrons. The maximum atomic E-state index is 13.8. The predicted molar refractivity (Wildman–Crippen MR) is 138 cm³/mol. The van der Waals surface area contributed by atoms with Crippen LogP contribution < -0.4 is 10.4 Å². The molecule has 2 fully saturated rings. The van der Waals surface area contributed by atoms with Crippen molar-refractivity contribution >= 4 is 31.0 Å². The molecule has 3 aliphatic rings. The van der Waals surface area contributed by atoms with Gasteiger partial charge < -0.3 is 15.0 Å². The molecule has 1 aromatic heterocycles. The van der Waals surface area contributed by atoms with E-state index in [0.717, 1.165) is 49.6 Å². The smallest absolute Gasteiger partial charge is 0.128 e. The zero-order valence-corrected chi connectivity index (χ0v) is 20.3. The Morgan fingerprint density at radius 1 is 1.24 bits per heavy atom. The van der Waals surface area contributed by atoms with Gasteiger partial charge in [-0.25, -0.2) is 9.37 Å². The monoisotopic (exact) mass is 462 g/mol. The van der Waals surface area contributed by atoms with Crippen LogP contribution in [0.4, 0.5) is 10.1 Å². The summed E-state index contributed by atoms with van der Waals surface area (Å²) < 4.78 is 16.0. The van der Waals surface area contributed by atoms with Crippen LogP contribution >= 0.6 is 8.73 Å². The summed E-state index contributed by atoms with van der Waals surface area (Å²) in [5.74, 6) is 2.43. The molecule has 2 N–H and O–H groups in total. The molecule has 0 spiro atoms. The van der Waals surface area contributed by atoms with Crippen molar-refractivity contribution in [2.75, 3.05) is 18.5 Å².